The second kappa shape index (κ2) is 5.61. The zero-order chi connectivity index (χ0) is 13.9. The molecule has 0 aromatic heterocycles. The lowest BCUT2D eigenvalue weighted by Crippen LogP contribution is -2.36. The van der Waals surface area contributed by atoms with Crippen molar-refractivity contribution < 1.29 is 9.53 Å². The van der Waals surface area contributed by atoms with Crippen molar-refractivity contribution >= 4 is 5.91 Å². The van der Waals surface area contributed by atoms with Gasteiger partial charge in [0.1, 0.15) is 5.75 Å². The lowest BCUT2D eigenvalue weighted by atomic mass is 9.90. The van der Waals surface area contributed by atoms with Gasteiger partial charge >= 0.3 is 0 Å². The van der Waals surface area contributed by atoms with E-state index in [0.29, 0.717) is 6.54 Å². The number of hydrogen-bond acceptors (Lipinski definition) is 3. The van der Waals surface area contributed by atoms with Gasteiger partial charge in [-0.3, -0.25) is 4.79 Å². The van der Waals surface area contributed by atoms with Gasteiger partial charge in [-0.05, 0) is 43.0 Å². The molecule has 1 saturated heterocycles. The Labute approximate surface area is 114 Å². The van der Waals surface area contributed by atoms with E-state index in [2.05, 4.69) is 6.92 Å². The first kappa shape index (κ1) is 13.9. The Morgan fingerprint density at radius 1 is 1.53 bits per heavy atom. The fourth-order valence-electron chi connectivity index (χ4n) is 2.34. The number of benzene rings is 1. The largest absolute Gasteiger partial charge is 0.484 e. The normalized spacial score (nSPS) is 22.6. The maximum atomic E-state index is 12.1. The van der Waals surface area contributed by atoms with Gasteiger partial charge in [-0.15, -0.1) is 0 Å². The summed E-state index contributed by atoms with van der Waals surface area (Å²) < 4.78 is 5.54. The molecule has 1 aliphatic rings. The molecule has 1 aromatic rings. The van der Waals surface area contributed by atoms with Crippen molar-refractivity contribution in [2.45, 2.75) is 20.3 Å². The van der Waals surface area contributed by atoms with E-state index in [4.69, 9.17) is 10.5 Å². The smallest absolute Gasteiger partial charge is 0.260 e. The Hall–Kier alpha value is -1.55. The Kier molecular flexibility index (Phi) is 4.10. The highest BCUT2D eigenvalue weighted by molar-refractivity contribution is 5.78. The van der Waals surface area contributed by atoms with Crippen molar-refractivity contribution in [2.75, 3.05) is 26.2 Å². The first-order chi connectivity index (χ1) is 9.02. The van der Waals surface area contributed by atoms with E-state index in [9.17, 15) is 4.79 Å². The average Bonchev–Trinajstić information content (AvgIpc) is 2.80. The number of ether oxygens (including phenoxy) is 1. The van der Waals surface area contributed by atoms with Crippen LogP contribution in [-0.2, 0) is 4.79 Å². The third-order valence-electron chi connectivity index (χ3n) is 3.76. The van der Waals surface area contributed by atoms with Crippen LogP contribution in [0.1, 0.15) is 18.9 Å². The third kappa shape index (κ3) is 3.47. The summed E-state index contributed by atoms with van der Waals surface area (Å²) in [7, 11) is 0. The molecule has 2 rings (SSSR count). The molecule has 0 radical (unpaired) electrons. The Bertz CT molecular complexity index is 461. The van der Waals surface area contributed by atoms with Crippen LogP contribution in [0.5, 0.6) is 5.75 Å². The molecular weight excluding hydrogens is 240 g/mol. The second-order valence-corrected chi connectivity index (χ2v) is 5.69. The van der Waals surface area contributed by atoms with Crippen molar-refractivity contribution in [3.63, 3.8) is 0 Å². The van der Waals surface area contributed by atoms with Gasteiger partial charge < -0.3 is 15.4 Å². The predicted molar refractivity (Wildman–Crippen MR) is 75.0 cm³/mol. The van der Waals surface area contributed by atoms with Gasteiger partial charge in [0.2, 0.25) is 0 Å². The summed E-state index contributed by atoms with van der Waals surface area (Å²) in [5, 5.41) is 0. The van der Waals surface area contributed by atoms with E-state index in [-0.39, 0.29) is 17.9 Å². The number of nitrogens with zero attached hydrogens (tertiary/aromatic N) is 1. The van der Waals surface area contributed by atoms with Crippen molar-refractivity contribution in [3.8, 4) is 5.75 Å². The van der Waals surface area contributed by atoms with Crippen LogP contribution in [0.4, 0.5) is 0 Å². The maximum absolute atomic E-state index is 12.1. The number of likely N-dealkylation sites (tertiary alicyclic amines) is 1. The molecular formula is C15H22N2O2. The van der Waals surface area contributed by atoms with Crippen LogP contribution in [-0.4, -0.2) is 37.0 Å². The van der Waals surface area contributed by atoms with Crippen LogP contribution >= 0.6 is 0 Å². The van der Waals surface area contributed by atoms with E-state index < -0.39 is 0 Å². The molecule has 4 heteroatoms. The number of hydrogen-bond donors (Lipinski definition) is 1. The topological polar surface area (TPSA) is 55.6 Å². The van der Waals surface area contributed by atoms with E-state index in [0.717, 1.165) is 30.8 Å². The molecule has 0 spiro atoms. The van der Waals surface area contributed by atoms with Crippen LogP contribution < -0.4 is 10.5 Å². The average molecular weight is 262 g/mol. The van der Waals surface area contributed by atoms with E-state index >= 15 is 0 Å². The number of nitrogens with two attached hydrogens (primary N) is 1. The number of aryl methyl sites for hydroxylation is 1. The van der Waals surface area contributed by atoms with Crippen LogP contribution in [0.25, 0.3) is 0 Å². The minimum atomic E-state index is 0.0404. The molecule has 19 heavy (non-hydrogen) atoms. The standard InChI is InChI=1S/C15H22N2O2/c1-12-4-3-5-13(8-12)19-9-14(18)17-7-6-15(2,10-16)11-17/h3-5,8H,6-7,9-11,16H2,1-2H3. The molecule has 1 aromatic carbocycles. The summed E-state index contributed by atoms with van der Waals surface area (Å²) in [6.45, 7) is 6.37. The summed E-state index contributed by atoms with van der Waals surface area (Å²) in [6.07, 6.45) is 0.972. The molecule has 1 unspecified atom stereocenters. The first-order valence-corrected chi connectivity index (χ1v) is 6.70. The van der Waals surface area contributed by atoms with Crippen LogP contribution in [0, 0.1) is 12.3 Å². The van der Waals surface area contributed by atoms with Gasteiger partial charge in [0.15, 0.2) is 6.61 Å². The lowest BCUT2D eigenvalue weighted by Gasteiger charge is -2.22. The van der Waals surface area contributed by atoms with E-state index in [1.807, 2.05) is 36.1 Å². The second-order valence-electron chi connectivity index (χ2n) is 5.69. The predicted octanol–water partition coefficient (Wildman–Crippen LogP) is 1.57. The molecule has 1 heterocycles. The number of carbonyl (C=O) groups excluding carboxylic acids is 1. The highest BCUT2D eigenvalue weighted by Crippen LogP contribution is 2.28. The van der Waals surface area contributed by atoms with Gasteiger partial charge in [0.05, 0.1) is 0 Å². The monoisotopic (exact) mass is 262 g/mol. The number of amides is 1. The molecule has 1 aliphatic heterocycles. The molecule has 1 amide bonds. The van der Waals surface area contributed by atoms with Gasteiger partial charge in [0, 0.05) is 13.1 Å². The van der Waals surface area contributed by atoms with Crippen molar-refractivity contribution in [2.24, 2.45) is 11.1 Å². The summed E-state index contributed by atoms with van der Waals surface area (Å²) in [6, 6.07) is 7.73. The van der Waals surface area contributed by atoms with Crippen molar-refractivity contribution in [1.29, 1.82) is 0 Å². The molecule has 104 valence electrons. The highest BCUT2D eigenvalue weighted by atomic mass is 16.5. The molecule has 1 atom stereocenters. The van der Waals surface area contributed by atoms with Gasteiger partial charge in [-0.1, -0.05) is 19.1 Å². The Morgan fingerprint density at radius 2 is 2.32 bits per heavy atom. The first-order valence-electron chi connectivity index (χ1n) is 6.70. The lowest BCUT2D eigenvalue weighted by molar-refractivity contribution is -0.132. The Balaban J connectivity index is 1.86. The molecule has 0 aliphatic carbocycles. The molecule has 0 bridgehead atoms. The minimum absolute atomic E-state index is 0.0404. The van der Waals surface area contributed by atoms with Gasteiger partial charge in [-0.2, -0.15) is 0 Å². The highest BCUT2D eigenvalue weighted by Gasteiger charge is 2.34. The molecule has 1 fully saturated rings. The molecule has 4 nitrogen and oxygen atoms in total. The SMILES string of the molecule is Cc1cccc(OCC(=O)N2CCC(C)(CN)C2)c1. The zero-order valence-electron chi connectivity index (χ0n) is 11.7. The fraction of sp³-hybridized carbons (Fsp3) is 0.533. The minimum Gasteiger partial charge on any atom is -0.484 e. The molecule has 0 saturated carbocycles. The third-order valence-corrected chi connectivity index (χ3v) is 3.76. The maximum Gasteiger partial charge on any atom is 0.260 e. The summed E-state index contributed by atoms with van der Waals surface area (Å²) in [5.74, 6) is 0.785. The van der Waals surface area contributed by atoms with Gasteiger partial charge in [0.25, 0.3) is 5.91 Å². The van der Waals surface area contributed by atoms with Crippen LogP contribution in [0.2, 0.25) is 0 Å². The van der Waals surface area contributed by atoms with Crippen LogP contribution in [0.3, 0.4) is 0 Å². The number of carbonyl (C=O) groups is 1. The van der Waals surface area contributed by atoms with Gasteiger partial charge in [-0.25, -0.2) is 0 Å². The quantitative estimate of drug-likeness (QED) is 0.896. The number of rotatable bonds is 4. The van der Waals surface area contributed by atoms with Crippen LogP contribution in [0.15, 0.2) is 24.3 Å². The zero-order valence-corrected chi connectivity index (χ0v) is 11.7. The van der Waals surface area contributed by atoms with E-state index in [1.54, 1.807) is 0 Å². The van der Waals surface area contributed by atoms with E-state index in [1.165, 1.54) is 0 Å². The summed E-state index contributed by atoms with van der Waals surface area (Å²) in [5.41, 5.74) is 6.94. The summed E-state index contributed by atoms with van der Waals surface area (Å²) in [4.78, 5) is 13.9. The van der Waals surface area contributed by atoms with Crippen molar-refractivity contribution in [3.05, 3.63) is 29.8 Å². The summed E-state index contributed by atoms with van der Waals surface area (Å²) >= 11 is 0. The van der Waals surface area contributed by atoms with Crippen molar-refractivity contribution in [1.82, 2.24) is 4.90 Å². The Morgan fingerprint density at radius 3 is 2.95 bits per heavy atom. The fourth-order valence-corrected chi connectivity index (χ4v) is 2.34. The molecule has 2 N–H and O–H groups in total.